The Balaban J connectivity index is 1.28. The van der Waals surface area contributed by atoms with E-state index < -0.39 is 124 Å². The van der Waals surface area contributed by atoms with Gasteiger partial charge in [-0.3, -0.25) is 4.79 Å². The van der Waals surface area contributed by atoms with Crippen LogP contribution in [0.2, 0.25) is 0 Å². The molecule has 0 aromatic heterocycles. The van der Waals surface area contributed by atoms with Gasteiger partial charge in [-0.25, -0.2) is 0 Å². The molecule has 3 aliphatic heterocycles. The Morgan fingerprint density at radius 1 is 0.350 bits per heavy atom. The molecule has 0 saturated carbocycles. The number of allylic oxidation sites excluding steroid dienone is 2. The fourth-order valence-corrected chi connectivity index (χ4v) is 14.6. The van der Waals surface area contributed by atoms with Crippen molar-refractivity contribution < 1.29 is 89.4 Å². The van der Waals surface area contributed by atoms with Gasteiger partial charge < -0.3 is 89.9 Å². The molecule has 3 fully saturated rings. The van der Waals surface area contributed by atoms with Crippen molar-refractivity contribution in [3.63, 3.8) is 0 Å². The second-order valence-corrected chi connectivity index (χ2v) is 30.3. The van der Waals surface area contributed by atoms with Crippen molar-refractivity contribution in [3.05, 3.63) is 12.2 Å². The highest BCUT2D eigenvalue weighted by Gasteiger charge is 2.54. The van der Waals surface area contributed by atoms with Gasteiger partial charge in [-0.1, -0.05) is 334 Å². The van der Waals surface area contributed by atoms with Crippen LogP contribution in [0.25, 0.3) is 0 Å². The molecule has 1 amide bonds. The van der Waals surface area contributed by atoms with E-state index >= 15 is 0 Å². The fraction of sp³-hybridized carbons (Fsp3) is 0.963. The molecule has 19 nitrogen and oxygen atoms in total. The number of nitrogens with one attached hydrogen (secondary N) is 1. The summed E-state index contributed by atoms with van der Waals surface area (Å²) in [7, 11) is 0. The zero-order valence-electron chi connectivity index (χ0n) is 63.5. The van der Waals surface area contributed by atoms with E-state index in [0.29, 0.717) is 12.8 Å². The lowest BCUT2D eigenvalue weighted by Crippen LogP contribution is -2.66. The first-order chi connectivity index (χ1) is 48.8. The normalized spacial score (nSPS) is 26.4. The average molecular weight is 1430 g/mol. The average Bonchev–Trinajstić information content (AvgIpc) is 0.784. The van der Waals surface area contributed by atoms with Crippen molar-refractivity contribution in [1.82, 2.24) is 5.32 Å². The summed E-state index contributed by atoms with van der Waals surface area (Å²) in [5.74, 6) is -0.234. The van der Waals surface area contributed by atoms with Gasteiger partial charge >= 0.3 is 0 Å². The van der Waals surface area contributed by atoms with Crippen LogP contribution in [0.4, 0.5) is 0 Å². The number of carbonyl (C=O) groups excluding carboxylic acids is 1. The van der Waals surface area contributed by atoms with Crippen LogP contribution in [0.15, 0.2) is 12.2 Å². The summed E-state index contributed by atoms with van der Waals surface area (Å²) in [6.07, 6.45) is 47.7. The van der Waals surface area contributed by atoms with E-state index in [-0.39, 0.29) is 18.9 Å². The van der Waals surface area contributed by atoms with E-state index in [1.807, 2.05) is 0 Å². The van der Waals surface area contributed by atoms with Crippen molar-refractivity contribution in [1.29, 1.82) is 0 Å². The molecule has 3 heterocycles. The Bertz CT molecular complexity index is 1850. The third-order valence-corrected chi connectivity index (χ3v) is 21.3. The van der Waals surface area contributed by atoms with Crippen molar-refractivity contribution in [2.45, 2.75) is 471 Å². The predicted octanol–water partition coefficient (Wildman–Crippen LogP) is 14.3. The molecule has 12 N–H and O–H groups in total. The van der Waals surface area contributed by atoms with Crippen LogP contribution in [0, 0.1) is 0 Å². The van der Waals surface area contributed by atoms with E-state index in [4.69, 9.17) is 28.4 Å². The van der Waals surface area contributed by atoms with E-state index in [1.165, 1.54) is 289 Å². The predicted molar refractivity (Wildman–Crippen MR) is 397 cm³/mol. The largest absolute Gasteiger partial charge is 0.394 e. The molecule has 3 aliphatic rings. The molecule has 0 bridgehead atoms. The molecule has 3 saturated heterocycles. The summed E-state index contributed by atoms with van der Waals surface area (Å²) in [5.41, 5.74) is 0. The summed E-state index contributed by atoms with van der Waals surface area (Å²) in [4.78, 5) is 13.5. The highest BCUT2D eigenvalue weighted by atomic mass is 16.8. The zero-order valence-corrected chi connectivity index (χ0v) is 63.5. The van der Waals surface area contributed by atoms with Gasteiger partial charge in [0.15, 0.2) is 18.9 Å². The second-order valence-electron chi connectivity index (χ2n) is 30.3. The molecule has 0 aromatic rings. The number of ether oxygens (including phenoxy) is 6. The molecule has 3 rings (SSSR count). The third-order valence-electron chi connectivity index (χ3n) is 21.3. The Hall–Kier alpha value is -1.47. The molecular formula is C81H155NO18. The standard InChI is InChI=1S/C81H155NO18/c1-3-5-7-9-11-13-15-17-19-21-22-23-24-25-26-27-28-29-30-31-32-33-34-35-36-37-38-39-40-41-42-43-45-47-49-51-53-55-57-59-69(87)82-64(65(86)58-56-54-52-50-48-46-44-20-18-16-14-12-10-8-6-4-2)63-95-79-75(93)72(90)77(67(61-84)97-79)100-81-76(94)73(91)78(68(62-85)98-81)99-80-74(92)71(89)70(88)66(60-83)96-80/h21-22,64-68,70-81,83-86,88-94H,3-20,23-63H2,1-2H3,(H,82,87)/b22-21-. The van der Waals surface area contributed by atoms with Crippen molar-refractivity contribution in [2.75, 3.05) is 26.4 Å². The smallest absolute Gasteiger partial charge is 0.220 e. The van der Waals surface area contributed by atoms with Crippen molar-refractivity contribution in [3.8, 4) is 0 Å². The number of aliphatic hydroxyl groups excluding tert-OH is 11. The summed E-state index contributed by atoms with van der Waals surface area (Å²) < 4.78 is 34.5. The van der Waals surface area contributed by atoms with Gasteiger partial charge in [0, 0.05) is 6.42 Å². The van der Waals surface area contributed by atoms with Crippen LogP contribution in [0.5, 0.6) is 0 Å². The maximum Gasteiger partial charge on any atom is 0.220 e. The molecule has 17 atom stereocenters. The lowest BCUT2D eigenvalue weighted by molar-refractivity contribution is -0.379. The number of hydrogen-bond donors (Lipinski definition) is 12. The number of unbranched alkanes of at least 4 members (excludes halogenated alkanes) is 50. The highest BCUT2D eigenvalue weighted by Crippen LogP contribution is 2.33. The van der Waals surface area contributed by atoms with Gasteiger partial charge in [-0.2, -0.15) is 0 Å². The lowest BCUT2D eigenvalue weighted by Gasteiger charge is -2.48. The molecule has 0 aliphatic carbocycles. The van der Waals surface area contributed by atoms with Crippen LogP contribution in [0.1, 0.15) is 367 Å². The molecular weight excluding hydrogens is 1270 g/mol. The van der Waals surface area contributed by atoms with Gasteiger partial charge in [0.1, 0.15) is 73.2 Å². The van der Waals surface area contributed by atoms with Crippen LogP contribution in [0.3, 0.4) is 0 Å². The van der Waals surface area contributed by atoms with Crippen LogP contribution in [-0.4, -0.2) is 193 Å². The summed E-state index contributed by atoms with van der Waals surface area (Å²) in [6, 6.07) is -0.883. The summed E-state index contributed by atoms with van der Waals surface area (Å²) >= 11 is 0. The number of carbonyl (C=O) groups is 1. The van der Waals surface area contributed by atoms with E-state index in [0.717, 1.165) is 44.9 Å². The van der Waals surface area contributed by atoms with Gasteiger partial charge in [0.25, 0.3) is 0 Å². The van der Waals surface area contributed by atoms with E-state index in [2.05, 4.69) is 31.3 Å². The number of amides is 1. The quantitative estimate of drug-likeness (QED) is 0.0199. The minimum absolute atomic E-state index is 0.234. The summed E-state index contributed by atoms with van der Waals surface area (Å²) in [6.45, 7) is 1.85. The Kier molecular flexibility index (Phi) is 58.0. The van der Waals surface area contributed by atoms with Crippen LogP contribution >= 0.6 is 0 Å². The first kappa shape index (κ1) is 92.7. The minimum atomic E-state index is -1.97. The van der Waals surface area contributed by atoms with Gasteiger partial charge in [-0.15, -0.1) is 0 Å². The Morgan fingerprint density at radius 3 is 0.970 bits per heavy atom. The molecule has 592 valence electrons. The maximum atomic E-state index is 13.5. The van der Waals surface area contributed by atoms with E-state index in [1.54, 1.807) is 0 Å². The highest BCUT2D eigenvalue weighted by molar-refractivity contribution is 5.76. The SMILES string of the molecule is CCCCCCCCCC/C=C\CCCCCCCCCCCCCCCCCCCCCCCCCCCCCC(=O)NC(COC1OC(CO)C(OC2OC(CO)C(OC3OC(CO)C(O)C(O)C3O)C(O)C2O)C(O)C1O)C(O)CCCCCCCCCCCCCCCCCC. The van der Waals surface area contributed by atoms with Gasteiger partial charge in [0.2, 0.25) is 5.91 Å². The van der Waals surface area contributed by atoms with Crippen molar-refractivity contribution in [2.24, 2.45) is 0 Å². The monoisotopic (exact) mass is 1430 g/mol. The zero-order chi connectivity index (χ0) is 72.5. The van der Waals surface area contributed by atoms with Crippen LogP contribution < -0.4 is 5.32 Å². The number of aliphatic hydroxyl groups is 11. The molecule has 19 heteroatoms. The molecule has 17 unspecified atom stereocenters. The van der Waals surface area contributed by atoms with Crippen molar-refractivity contribution >= 4 is 5.91 Å². The third kappa shape index (κ3) is 42.2. The lowest BCUT2D eigenvalue weighted by atomic mass is 9.96. The molecule has 0 spiro atoms. The first-order valence-corrected chi connectivity index (χ1v) is 41.9. The summed E-state index contributed by atoms with van der Waals surface area (Å²) in [5, 5.41) is 121. The van der Waals surface area contributed by atoms with Gasteiger partial charge in [-0.05, 0) is 38.5 Å². The minimum Gasteiger partial charge on any atom is -0.394 e. The molecule has 0 aromatic carbocycles. The fourth-order valence-electron chi connectivity index (χ4n) is 14.6. The van der Waals surface area contributed by atoms with E-state index in [9.17, 15) is 61.0 Å². The number of rotatable bonds is 68. The van der Waals surface area contributed by atoms with Crippen LogP contribution in [-0.2, 0) is 33.2 Å². The Morgan fingerprint density at radius 2 is 0.630 bits per heavy atom. The maximum absolute atomic E-state index is 13.5. The second kappa shape index (κ2) is 62.6. The van der Waals surface area contributed by atoms with Gasteiger partial charge in [0.05, 0.1) is 38.6 Å². The number of hydrogen-bond acceptors (Lipinski definition) is 18. The Labute approximate surface area is 607 Å². The molecule has 0 radical (unpaired) electrons. The molecule has 100 heavy (non-hydrogen) atoms. The first-order valence-electron chi connectivity index (χ1n) is 41.9. The topological polar surface area (TPSA) is 307 Å².